The number of likely N-dealkylation sites (tertiary alicyclic amines) is 1. The number of hydrogen-bond donors (Lipinski definition) is 2. The van der Waals surface area contributed by atoms with E-state index in [1.54, 1.807) is 19.3 Å². The molecule has 0 saturated carbocycles. The summed E-state index contributed by atoms with van der Waals surface area (Å²) in [5.41, 5.74) is -0.150. The number of carbonyl (C=O) groups is 2. The van der Waals surface area contributed by atoms with Crippen molar-refractivity contribution in [1.29, 1.82) is 0 Å². The van der Waals surface area contributed by atoms with Crippen LogP contribution in [0.4, 0.5) is 0 Å². The van der Waals surface area contributed by atoms with Crippen molar-refractivity contribution < 1.29 is 14.7 Å². The van der Waals surface area contributed by atoms with Gasteiger partial charge in [-0.3, -0.25) is 4.79 Å². The van der Waals surface area contributed by atoms with Gasteiger partial charge in [0.05, 0.1) is 6.42 Å². The minimum atomic E-state index is -1.03. The van der Waals surface area contributed by atoms with Gasteiger partial charge in [0, 0.05) is 18.9 Å². The number of aromatic nitrogens is 1. The standard InChI is InChI=1S/C12H16N2O3/c1-12(11(16)17)4-2-6-14(12)10(15)7-9-3-5-13-8-9/h3,5,8,13H,2,4,6-7H2,1H3,(H,16,17). The first-order valence-electron chi connectivity index (χ1n) is 5.69. The molecular formula is C12H16N2O3. The van der Waals surface area contributed by atoms with E-state index in [2.05, 4.69) is 4.98 Å². The van der Waals surface area contributed by atoms with E-state index in [9.17, 15) is 14.7 Å². The number of carbonyl (C=O) groups excluding carboxylic acids is 1. The van der Waals surface area contributed by atoms with Crippen LogP contribution in [-0.2, 0) is 16.0 Å². The number of aliphatic carboxylic acids is 1. The quantitative estimate of drug-likeness (QED) is 0.823. The number of nitrogens with one attached hydrogen (secondary N) is 1. The van der Waals surface area contributed by atoms with Gasteiger partial charge in [-0.05, 0) is 31.4 Å². The molecule has 0 radical (unpaired) electrons. The molecule has 2 heterocycles. The van der Waals surface area contributed by atoms with Crippen LogP contribution in [0.3, 0.4) is 0 Å². The lowest BCUT2D eigenvalue weighted by Crippen LogP contribution is -2.51. The second kappa shape index (κ2) is 4.24. The molecule has 1 aromatic heterocycles. The summed E-state index contributed by atoms with van der Waals surface area (Å²) >= 11 is 0. The molecule has 0 aliphatic carbocycles. The van der Waals surface area contributed by atoms with E-state index in [0.717, 1.165) is 12.0 Å². The minimum absolute atomic E-state index is 0.119. The lowest BCUT2D eigenvalue weighted by atomic mass is 9.99. The van der Waals surface area contributed by atoms with Crippen LogP contribution in [0.5, 0.6) is 0 Å². The molecule has 1 aliphatic heterocycles. The van der Waals surface area contributed by atoms with E-state index < -0.39 is 11.5 Å². The van der Waals surface area contributed by atoms with E-state index in [1.807, 2.05) is 6.07 Å². The largest absolute Gasteiger partial charge is 0.480 e. The number of aromatic amines is 1. The Morgan fingerprint density at radius 2 is 2.35 bits per heavy atom. The van der Waals surface area contributed by atoms with Gasteiger partial charge in [0.2, 0.25) is 5.91 Å². The Hall–Kier alpha value is -1.78. The number of carboxylic acids is 1. The number of hydrogen-bond acceptors (Lipinski definition) is 2. The first-order chi connectivity index (χ1) is 8.04. The molecule has 0 spiro atoms. The van der Waals surface area contributed by atoms with Crippen molar-refractivity contribution in [3.8, 4) is 0 Å². The molecule has 1 saturated heterocycles. The lowest BCUT2D eigenvalue weighted by molar-refractivity contribution is -0.155. The zero-order chi connectivity index (χ0) is 12.5. The smallest absolute Gasteiger partial charge is 0.329 e. The van der Waals surface area contributed by atoms with Crippen molar-refractivity contribution in [2.24, 2.45) is 0 Å². The molecule has 1 atom stereocenters. The average molecular weight is 236 g/mol. The highest BCUT2D eigenvalue weighted by Gasteiger charge is 2.45. The molecule has 0 bridgehead atoms. The fraction of sp³-hybridized carbons (Fsp3) is 0.500. The zero-order valence-corrected chi connectivity index (χ0v) is 9.77. The zero-order valence-electron chi connectivity index (χ0n) is 9.77. The Morgan fingerprint density at radius 3 is 2.94 bits per heavy atom. The van der Waals surface area contributed by atoms with E-state index in [1.165, 1.54) is 4.90 Å². The fourth-order valence-corrected chi connectivity index (χ4v) is 2.32. The summed E-state index contributed by atoms with van der Waals surface area (Å²) in [6, 6.07) is 1.83. The molecular weight excluding hydrogens is 220 g/mol. The van der Waals surface area contributed by atoms with Gasteiger partial charge in [0.1, 0.15) is 5.54 Å². The van der Waals surface area contributed by atoms with Gasteiger partial charge in [-0.25, -0.2) is 4.79 Å². The number of carboxylic acid groups (broad SMARTS) is 1. The normalized spacial score (nSPS) is 23.9. The summed E-state index contributed by atoms with van der Waals surface area (Å²) in [6.45, 7) is 2.16. The summed E-state index contributed by atoms with van der Waals surface area (Å²) in [4.78, 5) is 27.7. The van der Waals surface area contributed by atoms with Crippen molar-refractivity contribution in [1.82, 2.24) is 9.88 Å². The highest BCUT2D eigenvalue weighted by Crippen LogP contribution is 2.29. The maximum absolute atomic E-state index is 12.1. The highest BCUT2D eigenvalue weighted by molar-refractivity contribution is 5.88. The predicted octanol–water partition coefficient (Wildman–Crippen LogP) is 1.02. The van der Waals surface area contributed by atoms with Crippen molar-refractivity contribution in [2.45, 2.75) is 31.7 Å². The van der Waals surface area contributed by atoms with Gasteiger partial charge in [0.25, 0.3) is 0 Å². The van der Waals surface area contributed by atoms with Crippen LogP contribution in [0.1, 0.15) is 25.3 Å². The molecule has 1 amide bonds. The number of H-pyrrole nitrogens is 1. The van der Waals surface area contributed by atoms with Crippen LogP contribution in [0.15, 0.2) is 18.5 Å². The molecule has 1 fully saturated rings. The van der Waals surface area contributed by atoms with Gasteiger partial charge >= 0.3 is 5.97 Å². The summed E-state index contributed by atoms with van der Waals surface area (Å²) in [7, 11) is 0. The fourth-order valence-electron chi connectivity index (χ4n) is 2.32. The molecule has 5 nitrogen and oxygen atoms in total. The summed E-state index contributed by atoms with van der Waals surface area (Å²) in [5.74, 6) is -1.04. The highest BCUT2D eigenvalue weighted by atomic mass is 16.4. The molecule has 5 heteroatoms. The second-order valence-corrected chi connectivity index (χ2v) is 4.62. The van der Waals surface area contributed by atoms with Crippen LogP contribution < -0.4 is 0 Å². The van der Waals surface area contributed by atoms with Crippen LogP contribution in [0.25, 0.3) is 0 Å². The summed E-state index contributed by atoms with van der Waals surface area (Å²) < 4.78 is 0. The van der Waals surface area contributed by atoms with E-state index in [0.29, 0.717) is 13.0 Å². The first-order valence-corrected chi connectivity index (χ1v) is 5.69. The third kappa shape index (κ3) is 2.05. The van der Waals surface area contributed by atoms with Crippen LogP contribution in [-0.4, -0.2) is 39.0 Å². The molecule has 2 N–H and O–H groups in total. The van der Waals surface area contributed by atoms with Gasteiger partial charge in [-0.2, -0.15) is 0 Å². The average Bonchev–Trinajstić information content (AvgIpc) is 2.87. The van der Waals surface area contributed by atoms with Gasteiger partial charge < -0.3 is 15.0 Å². The third-order valence-corrected chi connectivity index (χ3v) is 3.42. The molecule has 0 aromatic carbocycles. The minimum Gasteiger partial charge on any atom is -0.480 e. The Labute approximate surface area is 99.4 Å². The Morgan fingerprint density at radius 1 is 1.59 bits per heavy atom. The monoisotopic (exact) mass is 236 g/mol. The van der Waals surface area contributed by atoms with E-state index >= 15 is 0 Å². The number of nitrogens with zero attached hydrogens (tertiary/aromatic N) is 1. The molecule has 2 rings (SSSR count). The molecule has 1 unspecified atom stereocenters. The second-order valence-electron chi connectivity index (χ2n) is 4.62. The van der Waals surface area contributed by atoms with Gasteiger partial charge in [-0.15, -0.1) is 0 Å². The SMILES string of the molecule is CC1(C(=O)O)CCCN1C(=O)Cc1cc[nH]c1. The Bertz CT molecular complexity index is 427. The molecule has 17 heavy (non-hydrogen) atoms. The van der Waals surface area contributed by atoms with Crippen molar-refractivity contribution in [3.05, 3.63) is 24.0 Å². The van der Waals surface area contributed by atoms with Gasteiger partial charge in [-0.1, -0.05) is 0 Å². The topological polar surface area (TPSA) is 73.4 Å². The van der Waals surface area contributed by atoms with Crippen molar-refractivity contribution in [2.75, 3.05) is 6.54 Å². The number of amides is 1. The van der Waals surface area contributed by atoms with Crippen LogP contribution in [0.2, 0.25) is 0 Å². The molecule has 1 aliphatic rings. The molecule has 92 valence electrons. The summed E-state index contributed by atoms with van der Waals surface area (Å²) in [5, 5.41) is 9.22. The Balaban J connectivity index is 2.11. The van der Waals surface area contributed by atoms with Crippen LogP contribution >= 0.6 is 0 Å². The van der Waals surface area contributed by atoms with Crippen molar-refractivity contribution >= 4 is 11.9 Å². The summed E-state index contributed by atoms with van der Waals surface area (Å²) in [6.07, 6.45) is 5.05. The van der Waals surface area contributed by atoms with E-state index in [-0.39, 0.29) is 12.3 Å². The molecule has 1 aromatic rings. The first kappa shape index (κ1) is 11.7. The van der Waals surface area contributed by atoms with E-state index in [4.69, 9.17) is 0 Å². The maximum Gasteiger partial charge on any atom is 0.329 e. The maximum atomic E-state index is 12.1. The number of rotatable bonds is 3. The van der Waals surface area contributed by atoms with Gasteiger partial charge in [0.15, 0.2) is 0 Å². The van der Waals surface area contributed by atoms with Crippen molar-refractivity contribution in [3.63, 3.8) is 0 Å². The Kier molecular flexibility index (Phi) is 2.92. The third-order valence-electron chi connectivity index (χ3n) is 3.42. The predicted molar refractivity (Wildman–Crippen MR) is 61.5 cm³/mol. The lowest BCUT2D eigenvalue weighted by Gasteiger charge is -2.31. The van der Waals surface area contributed by atoms with Crippen LogP contribution in [0, 0.1) is 0 Å².